The van der Waals surface area contributed by atoms with Gasteiger partial charge in [0.1, 0.15) is 0 Å². The molecule has 0 heterocycles. The Labute approximate surface area is 124 Å². The van der Waals surface area contributed by atoms with Gasteiger partial charge in [0.15, 0.2) is 0 Å². The van der Waals surface area contributed by atoms with Crippen molar-refractivity contribution in [3.05, 3.63) is 65.7 Å². The summed E-state index contributed by atoms with van der Waals surface area (Å²) in [5.74, 6) is 0. The van der Waals surface area contributed by atoms with Gasteiger partial charge in [0.05, 0.1) is 6.61 Å². The Kier molecular flexibility index (Phi) is 5.43. The first-order chi connectivity index (χ1) is 9.29. The second kappa shape index (κ2) is 7.31. The molecule has 2 aromatic carbocycles. The minimum atomic E-state index is 0.586. The van der Waals surface area contributed by atoms with Gasteiger partial charge in [-0.15, -0.1) is 0 Å². The van der Waals surface area contributed by atoms with Crippen molar-refractivity contribution in [2.75, 3.05) is 6.61 Å². The van der Waals surface area contributed by atoms with E-state index in [0.29, 0.717) is 11.0 Å². The van der Waals surface area contributed by atoms with E-state index in [-0.39, 0.29) is 0 Å². The molecule has 0 unspecified atom stereocenters. The number of thioether (sulfide) groups is 1. The van der Waals surface area contributed by atoms with Crippen LogP contribution in [0.5, 0.6) is 0 Å². The monoisotopic (exact) mass is 288 g/mol. The summed E-state index contributed by atoms with van der Waals surface area (Å²) in [5.41, 5.74) is 2.58. The lowest BCUT2D eigenvalue weighted by molar-refractivity contribution is 0.346. The highest BCUT2D eigenvalue weighted by molar-refractivity contribution is 8.22. The first kappa shape index (κ1) is 14.1. The van der Waals surface area contributed by atoms with E-state index >= 15 is 0 Å². The average molecular weight is 288 g/mol. The van der Waals surface area contributed by atoms with Crippen LogP contribution in [-0.4, -0.2) is 11.0 Å². The molecular weight excluding hydrogens is 272 g/mol. The molecule has 0 atom stereocenters. The number of rotatable bonds is 4. The largest absolute Gasteiger partial charge is 0.479 e. The molecule has 19 heavy (non-hydrogen) atoms. The summed E-state index contributed by atoms with van der Waals surface area (Å²) in [7, 11) is 0. The maximum atomic E-state index is 5.35. The van der Waals surface area contributed by atoms with Crippen LogP contribution in [-0.2, 0) is 11.2 Å². The van der Waals surface area contributed by atoms with Gasteiger partial charge in [0, 0.05) is 4.90 Å². The molecule has 0 spiro atoms. The van der Waals surface area contributed by atoms with Crippen molar-refractivity contribution < 1.29 is 4.74 Å². The minimum Gasteiger partial charge on any atom is -0.479 e. The molecule has 98 valence electrons. The van der Waals surface area contributed by atoms with E-state index < -0.39 is 0 Å². The second-order valence-corrected chi connectivity index (χ2v) is 5.70. The van der Waals surface area contributed by atoms with Crippen molar-refractivity contribution in [1.82, 2.24) is 0 Å². The van der Waals surface area contributed by atoms with Gasteiger partial charge in [-0.25, -0.2) is 0 Å². The predicted octanol–water partition coefficient (Wildman–Crippen LogP) is 4.69. The molecule has 0 fully saturated rings. The van der Waals surface area contributed by atoms with E-state index in [1.807, 2.05) is 19.1 Å². The second-order valence-electron chi connectivity index (χ2n) is 4.06. The maximum absolute atomic E-state index is 5.35. The highest BCUT2D eigenvalue weighted by Crippen LogP contribution is 2.26. The molecule has 0 bridgehead atoms. The molecule has 3 heteroatoms. The van der Waals surface area contributed by atoms with Gasteiger partial charge >= 0.3 is 0 Å². The van der Waals surface area contributed by atoms with E-state index in [9.17, 15) is 0 Å². The zero-order valence-electron chi connectivity index (χ0n) is 10.8. The molecule has 0 aliphatic rings. The van der Waals surface area contributed by atoms with E-state index in [4.69, 9.17) is 17.0 Å². The summed E-state index contributed by atoms with van der Waals surface area (Å²) in [6.07, 6.45) is 0.915. The van der Waals surface area contributed by atoms with Crippen LogP contribution >= 0.6 is 24.0 Å². The van der Waals surface area contributed by atoms with Crippen molar-refractivity contribution in [1.29, 1.82) is 0 Å². The number of hydrogen-bond donors (Lipinski definition) is 0. The first-order valence-corrected chi connectivity index (χ1v) is 7.48. The van der Waals surface area contributed by atoms with Crippen molar-refractivity contribution in [3.63, 3.8) is 0 Å². The number of benzene rings is 2. The Hall–Kier alpha value is -1.32. The molecule has 0 radical (unpaired) electrons. The highest BCUT2D eigenvalue weighted by atomic mass is 32.2. The summed E-state index contributed by atoms with van der Waals surface area (Å²) < 4.78 is 5.93. The smallest absolute Gasteiger partial charge is 0.224 e. The standard InChI is InChI=1S/C16H16OS2/c1-2-17-16(18)19-15-11-7-6-10-14(15)12-13-8-4-3-5-9-13/h3-11H,2,12H2,1H3. The maximum Gasteiger partial charge on any atom is 0.224 e. The van der Waals surface area contributed by atoms with E-state index in [1.165, 1.54) is 27.8 Å². The topological polar surface area (TPSA) is 9.23 Å². The highest BCUT2D eigenvalue weighted by Gasteiger charge is 2.07. The summed E-state index contributed by atoms with van der Waals surface area (Å²) in [6, 6.07) is 18.8. The van der Waals surface area contributed by atoms with Gasteiger partial charge in [-0.1, -0.05) is 48.5 Å². The van der Waals surface area contributed by atoms with Crippen molar-refractivity contribution >= 4 is 28.4 Å². The molecule has 0 amide bonds. The number of ether oxygens (including phenoxy) is 1. The Morgan fingerprint density at radius 2 is 1.74 bits per heavy atom. The fourth-order valence-corrected chi connectivity index (χ4v) is 2.96. The van der Waals surface area contributed by atoms with Crippen LogP contribution in [0.4, 0.5) is 0 Å². The van der Waals surface area contributed by atoms with E-state index in [1.54, 1.807) is 0 Å². The molecule has 0 N–H and O–H groups in total. The normalized spacial score (nSPS) is 10.2. The van der Waals surface area contributed by atoms with Gasteiger partial charge < -0.3 is 4.74 Å². The third-order valence-corrected chi connectivity index (χ3v) is 3.94. The fourth-order valence-electron chi connectivity index (χ4n) is 1.80. The molecule has 0 saturated carbocycles. The molecule has 2 rings (SSSR count). The van der Waals surface area contributed by atoms with Crippen LogP contribution in [0.2, 0.25) is 0 Å². The van der Waals surface area contributed by atoms with Crippen molar-refractivity contribution in [3.8, 4) is 0 Å². The molecular formula is C16H16OS2. The molecule has 1 nitrogen and oxygen atoms in total. The number of hydrogen-bond acceptors (Lipinski definition) is 3. The molecule has 0 aromatic heterocycles. The minimum absolute atomic E-state index is 0.586. The van der Waals surface area contributed by atoms with Crippen molar-refractivity contribution in [2.45, 2.75) is 18.2 Å². The summed E-state index contributed by atoms with van der Waals surface area (Å²) >= 11 is 6.72. The Balaban J connectivity index is 2.14. The first-order valence-electron chi connectivity index (χ1n) is 6.26. The number of thiocarbonyl (C=S) groups is 1. The quantitative estimate of drug-likeness (QED) is 0.596. The van der Waals surface area contributed by atoms with Crippen molar-refractivity contribution in [2.24, 2.45) is 0 Å². The summed E-state index contributed by atoms with van der Waals surface area (Å²) in [6.45, 7) is 2.56. The van der Waals surface area contributed by atoms with E-state index in [0.717, 1.165) is 6.42 Å². The van der Waals surface area contributed by atoms with Crippen LogP contribution in [0.1, 0.15) is 18.1 Å². The lowest BCUT2D eigenvalue weighted by atomic mass is 10.1. The average Bonchev–Trinajstić information content (AvgIpc) is 2.42. The molecule has 0 saturated heterocycles. The van der Waals surface area contributed by atoms with Crippen LogP contribution < -0.4 is 0 Å². The molecule has 0 aliphatic heterocycles. The van der Waals surface area contributed by atoms with Gasteiger partial charge in [-0.2, -0.15) is 0 Å². The van der Waals surface area contributed by atoms with Gasteiger partial charge in [0.25, 0.3) is 0 Å². The fraction of sp³-hybridized carbons (Fsp3) is 0.188. The van der Waals surface area contributed by atoms with Gasteiger partial charge in [0.2, 0.25) is 4.38 Å². The lowest BCUT2D eigenvalue weighted by Gasteiger charge is -2.10. The SMILES string of the molecule is CCOC(=S)Sc1ccccc1Cc1ccccc1. The zero-order valence-corrected chi connectivity index (χ0v) is 12.5. The summed E-state index contributed by atoms with van der Waals surface area (Å²) in [4.78, 5) is 1.17. The molecule has 0 aliphatic carbocycles. The zero-order chi connectivity index (χ0) is 13.5. The van der Waals surface area contributed by atoms with Crippen LogP contribution in [0.3, 0.4) is 0 Å². The van der Waals surface area contributed by atoms with Gasteiger partial charge in [-0.05, 0) is 54.5 Å². The third-order valence-electron chi connectivity index (χ3n) is 2.67. The third kappa shape index (κ3) is 4.37. The Morgan fingerprint density at radius 1 is 1.05 bits per heavy atom. The van der Waals surface area contributed by atoms with Crippen LogP contribution in [0.15, 0.2) is 59.5 Å². The Morgan fingerprint density at radius 3 is 2.47 bits per heavy atom. The van der Waals surface area contributed by atoms with Gasteiger partial charge in [-0.3, -0.25) is 0 Å². The summed E-state index contributed by atoms with van der Waals surface area (Å²) in [5, 5.41) is 0. The molecule has 2 aromatic rings. The Bertz CT molecular complexity index is 537. The van der Waals surface area contributed by atoms with E-state index in [2.05, 4.69) is 42.5 Å². The van der Waals surface area contributed by atoms with Crippen LogP contribution in [0.25, 0.3) is 0 Å². The van der Waals surface area contributed by atoms with Crippen LogP contribution in [0, 0.1) is 0 Å². The lowest BCUT2D eigenvalue weighted by Crippen LogP contribution is -1.97. The predicted molar refractivity (Wildman–Crippen MR) is 85.8 cm³/mol.